The molecule has 2 rings (SSSR count). The van der Waals surface area contributed by atoms with Crippen LogP contribution in [0, 0.1) is 16.0 Å². The van der Waals surface area contributed by atoms with E-state index in [1.165, 1.54) is 7.11 Å². The van der Waals surface area contributed by atoms with Crippen LogP contribution < -0.4 is 4.74 Å². The zero-order valence-corrected chi connectivity index (χ0v) is 11.9. The summed E-state index contributed by atoms with van der Waals surface area (Å²) >= 11 is 0. The first kappa shape index (κ1) is 16.5. The molecule has 0 heterocycles. The van der Waals surface area contributed by atoms with Gasteiger partial charge in [-0.15, -0.1) is 0 Å². The minimum atomic E-state index is -4.61. The maximum atomic E-state index is 12.9. The number of benzene rings is 1. The number of hydrogen-bond acceptors (Lipinski definition) is 4. The van der Waals surface area contributed by atoms with Gasteiger partial charge < -0.3 is 9.47 Å². The maximum absolute atomic E-state index is 12.9. The molecule has 1 fully saturated rings. The number of nitrogens with zero attached hydrogens (tertiary/aromatic N) is 1. The van der Waals surface area contributed by atoms with Crippen molar-refractivity contribution in [1.82, 2.24) is 0 Å². The Kier molecular flexibility index (Phi) is 4.60. The number of methoxy groups -OCH3 is 1. The van der Waals surface area contributed by atoms with E-state index >= 15 is 0 Å². The van der Waals surface area contributed by atoms with Crippen LogP contribution in [-0.2, 0) is 4.74 Å². The van der Waals surface area contributed by atoms with Crippen LogP contribution in [0.1, 0.15) is 19.3 Å². The Hall–Kier alpha value is -1.83. The Bertz CT molecular complexity index is 523. The molecule has 0 unspecified atom stereocenters. The van der Waals surface area contributed by atoms with E-state index in [1.54, 1.807) is 30.3 Å². The Morgan fingerprint density at radius 1 is 1.32 bits per heavy atom. The van der Waals surface area contributed by atoms with Crippen LogP contribution in [0.5, 0.6) is 5.75 Å². The molecule has 1 aromatic rings. The number of para-hydroxylation sites is 1. The van der Waals surface area contributed by atoms with Crippen molar-refractivity contribution in [1.29, 1.82) is 0 Å². The van der Waals surface area contributed by atoms with E-state index in [1.807, 2.05) is 0 Å². The minimum absolute atomic E-state index is 0.0626. The minimum Gasteiger partial charge on any atom is -0.462 e. The van der Waals surface area contributed by atoms with Crippen molar-refractivity contribution in [2.45, 2.75) is 37.3 Å². The Morgan fingerprint density at radius 2 is 1.95 bits per heavy atom. The number of alkyl halides is 3. The van der Waals surface area contributed by atoms with Gasteiger partial charge in [-0.25, -0.2) is 0 Å². The lowest BCUT2D eigenvalue weighted by molar-refractivity contribution is -0.553. The molecule has 22 heavy (non-hydrogen) atoms. The number of ether oxygens (including phenoxy) is 2. The lowest BCUT2D eigenvalue weighted by atomic mass is 9.80. The molecule has 122 valence electrons. The van der Waals surface area contributed by atoms with Crippen molar-refractivity contribution in [3.63, 3.8) is 0 Å². The van der Waals surface area contributed by atoms with E-state index < -0.39 is 41.7 Å². The average Bonchev–Trinajstić information content (AvgIpc) is 2.47. The fourth-order valence-electron chi connectivity index (χ4n) is 2.76. The first-order valence-corrected chi connectivity index (χ1v) is 6.77. The molecule has 8 heteroatoms. The second kappa shape index (κ2) is 6.12. The SMILES string of the molecule is CO[C@]1(Oc2ccccc2)CC[C@H](C(F)(F)F)[C@@H]([N+](=O)[O-])C1. The van der Waals surface area contributed by atoms with E-state index in [0.717, 1.165) is 0 Å². The van der Waals surface area contributed by atoms with Gasteiger partial charge in [0.25, 0.3) is 0 Å². The van der Waals surface area contributed by atoms with E-state index in [0.29, 0.717) is 5.75 Å². The van der Waals surface area contributed by atoms with Gasteiger partial charge >= 0.3 is 6.18 Å². The highest BCUT2D eigenvalue weighted by Gasteiger charge is 2.58. The molecule has 0 saturated heterocycles. The highest BCUT2D eigenvalue weighted by Crippen LogP contribution is 2.44. The van der Waals surface area contributed by atoms with Gasteiger partial charge in [-0.1, -0.05) is 18.2 Å². The van der Waals surface area contributed by atoms with Gasteiger partial charge in [0.15, 0.2) is 0 Å². The normalized spacial score (nSPS) is 29.1. The van der Waals surface area contributed by atoms with Gasteiger partial charge in [0.2, 0.25) is 11.8 Å². The summed E-state index contributed by atoms with van der Waals surface area (Å²) in [5.41, 5.74) is 0. The molecule has 0 aliphatic heterocycles. The molecule has 0 bridgehead atoms. The predicted octanol–water partition coefficient (Wildman–Crippen LogP) is 3.42. The van der Waals surface area contributed by atoms with E-state index in [4.69, 9.17) is 9.47 Å². The third kappa shape index (κ3) is 3.49. The lowest BCUT2D eigenvalue weighted by Gasteiger charge is -2.40. The number of hydrogen-bond donors (Lipinski definition) is 0. The molecule has 1 aromatic carbocycles. The van der Waals surface area contributed by atoms with Crippen molar-refractivity contribution in [3.05, 3.63) is 40.4 Å². The summed E-state index contributed by atoms with van der Waals surface area (Å²) in [4.78, 5) is 10.2. The highest BCUT2D eigenvalue weighted by molar-refractivity contribution is 5.22. The molecule has 0 spiro atoms. The molecule has 0 aromatic heterocycles. The summed E-state index contributed by atoms with van der Waals surface area (Å²) in [6.07, 6.45) is -5.53. The zero-order chi connectivity index (χ0) is 16.4. The predicted molar refractivity (Wildman–Crippen MR) is 71.0 cm³/mol. The van der Waals surface area contributed by atoms with Crippen LogP contribution in [0.2, 0.25) is 0 Å². The molecule has 1 aliphatic rings. The van der Waals surface area contributed by atoms with Crippen LogP contribution in [-0.4, -0.2) is 30.0 Å². The Balaban J connectivity index is 2.23. The van der Waals surface area contributed by atoms with Gasteiger partial charge in [-0.05, 0) is 18.6 Å². The topological polar surface area (TPSA) is 61.6 Å². The van der Waals surface area contributed by atoms with Gasteiger partial charge in [0, 0.05) is 18.5 Å². The van der Waals surface area contributed by atoms with E-state index in [9.17, 15) is 23.3 Å². The highest BCUT2D eigenvalue weighted by atomic mass is 19.4. The maximum Gasteiger partial charge on any atom is 0.398 e. The van der Waals surface area contributed by atoms with E-state index in [-0.39, 0.29) is 6.42 Å². The van der Waals surface area contributed by atoms with Crippen LogP contribution >= 0.6 is 0 Å². The summed E-state index contributed by atoms with van der Waals surface area (Å²) in [5, 5.41) is 11.1. The van der Waals surface area contributed by atoms with Crippen molar-refractivity contribution in [2.75, 3.05) is 7.11 Å². The second-order valence-corrected chi connectivity index (χ2v) is 5.27. The molecule has 1 saturated carbocycles. The van der Waals surface area contributed by atoms with Crippen molar-refractivity contribution in [3.8, 4) is 5.75 Å². The summed E-state index contributed by atoms with van der Waals surface area (Å²) in [5.74, 6) is -3.00. The summed E-state index contributed by atoms with van der Waals surface area (Å²) in [6.45, 7) is 0. The van der Waals surface area contributed by atoms with Crippen molar-refractivity contribution in [2.24, 2.45) is 5.92 Å². The molecule has 0 radical (unpaired) electrons. The molecular formula is C14H16F3NO4. The number of nitro groups is 1. The zero-order valence-electron chi connectivity index (χ0n) is 11.9. The smallest absolute Gasteiger partial charge is 0.398 e. The first-order chi connectivity index (χ1) is 10.3. The molecule has 3 atom stereocenters. The van der Waals surface area contributed by atoms with Crippen LogP contribution in [0.15, 0.2) is 30.3 Å². The second-order valence-electron chi connectivity index (χ2n) is 5.27. The van der Waals surface area contributed by atoms with Gasteiger partial charge in [0.05, 0.1) is 6.42 Å². The fourth-order valence-corrected chi connectivity index (χ4v) is 2.76. The van der Waals surface area contributed by atoms with Crippen molar-refractivity contribution < 1.29 is 27.6 Å². The third-order valence-corrected chi connectivity index (χ3v) is 3.93. The fraction of sp³-hybridized carbons (Fsp3) is 0.571. The van der Waals surface area contributed by atoms with Gasteiger partial charge in [0.1, 0.15) is 11.7 Å². The number of halogens is 3. The molecular weight excluding hydrogens is 303 g/mol. The first-order valence-electron chi connectivity index (χ1n) is 6.77. The van der Waals surface area contributed by atoms with Crippen LogP contribution in [0.4, 0.5) is 13.2 Å². The van der Waals surface area contributed by atoms with Crippen molar-refractivity contribution >= 4 is 0 Å². The summed E-state index contributed by atoms with van der Waals surface area (Å²) < 4.78 is 49.7. The number of rotatable bonds is 4. The monoisotopic (exact) mass is 319 g/mol. The average molecular weight is 319 g/mol. The quantitative estimate of drug-likeness (QED) is 0.485. The standard InChI is InChI=1S/C14H16F3NO4/c1-21-13(22-10-5-3-2-4-6-10)8-7-11(14(15,16)17)12(9-13)18(19)20/h2-6,11-12H,7-9H2,1H3/t11-,12-,13-/m0/s1. The third-order valence-electron chi connectivity index (χ3n) is 3.93. The Morgan fingerprint density at radius 3 is 2.45 bits per heavy atom. The molecule has 5 nitrogen and oxygen atoms in total. The van der Waals surface area contributed by atoms with Gasteiger partial charge in [-0.3, -0.25) is 10.1 Å². The molecule has 0 N–H and O–H groups in total. The lowest BCUT2D eigenvalue weighted by Crippen LogP contribution is -2.53. The van der Waals surface area contributed by atoms with Crippen LogP contribution in [0.25, 0.3) is 0 Å². The molecule has 1 aliphatic carbocycles. The Labute approximate surface area is 125 Å². The summed E-state index contributed by atoms with van der Waals surface area (Å²) in [6, 6.07) is 6.62. The van der Waals surface area contributed by atoms with Gasteiger partial charge in [-0.2, -0.15) is 13.2 Å². The van der Waals surface area contributed by atoms with Crippen LogP contribution in [0.3, 0.4) is 0 Å². The largest absolute Gasteiger partial charge is 0.462 e. The summed E-state index contributed by atoms with van der Waals surface area (Å²) in [7, 11) is 1.29. The molecule has 0 amide bonds. The van der Waals surface area contributed by atoms with E-state index in [2.05, 4.69) is 0 Å².